The second kappa shape index (κ2) is 10.3. The van der Waals surface area contributed by atoms with Gasteiger partial charge in [0, 0.05) is 13.1 Å². The molecular formula is C19H26ClNO4. The largest absolute Gasteiger partial charge is 0.465 e. The number of benzene rings is 1. The number of piperidine rings is 1. The zero-order valence-corrected chi connectivity index (χ0v) is 15.4. The van der Waals surface area contributed by atoms with Gasteiger partial charge in [0.15, 0.2) is 0 Å². The Labute approximate surface area is 154 Å². The molecule has 1 atom stereocenters. The van der Waals surface area contributed by atoms with Crippen molar-refractivity contribution in [3.8, 4) is 0 Å². The fraction of sp³-hybridized carbons (Fsp3) is 0.579. The molecule has 138 valence electrons. The highest BCUT2D eigenvalue weighted by molar-refractivity contribution is 6.29. The van der Waals surface area contributed by atoms with E-state index in [0.29, 0.717) is 38.6 Å². The summed E-state index contributed by atoms with van der Waals surface area (Å²) in [5.41, 5.74) is 0.984. The maximum atomic E-state index is 12.1. The van der Waals surface area contributed by atoms with E-state index in [1.54, 1.807) is 11.8 Å². The predicted molar refractivity (Wildman–Crippen MR) is 96.4 cm³/mol. The van der Waals surface area contributed by atoms with Crippen LogP contribution < -0.4 is 0 Å². The lowest BCUT2D eigenvalue weighted by Gasteiger charge is -2.31. The third-order valence-electron chi connectivity index (χ3n) is 4.45. The number of carbonyl (C=O) groups excluding carboxylic acids is 2. The molecule has 1 aliphatic rings. The van der Waals surface area contributed by atoms with E-state index in [1.807, 2.05) is 30.3 Å². The summed E-state index contributed by atoms with van der Waals surface area (Å²) in [4.78, 5) is 25.4. The first kappa shape index (κ1) is 19.6. The average Bonchev–Trinajstić information content (AvgIpc) is 2.65. The van der Waals surface area contributed by atoms with Gasteiger partial charge in [-0.25, -0.2) is 4.79 Å². The molecule has 0 aliphatic carbocycles. The minimum atomic E-state index is -0.575. The van der Waals surface area contributed by atoms with E-state index >= 15 is 0 Å². The van der Waals surface area contributed by atoms with E-state index in [1.165, 1.54) is 0 Å². The number of halogens is 1. The molecule has 0 radical (unpaired) electrons. The van der Waals surface area contributed by atoms with Crippen LogP contribution in [0.5, 0.6) is 0 Å². The minimum Gasteiger partial charge on any atom is -0.465 e. The third-order valence-corrected chi connectivity index (χ3v) is 4.84. The van der Waals surface area contributed by atoms with Crippen molar-refractivity contribution in [3.63, 3.8) is 0 Å². The number of amides is 1. The summed E-state index contributed by atoms with van der Waals surface area (Å²) < 4.78 is 10.3. The lowest BCUT2D eigenvalue weighted by molar-refractivity contribution is -0.142. The molecule has 5 nitrogen and oxygen atoms in total. The molecule has 0 saturated carbocycles. The van der Waals surface area contributed by atoms with Gasteiger partial charge in [0.25, 0.3) is 0 Å². The minimum absolute atomic E-state index is 0.260. The number of nitrogens with zero attached hydrogens (tertiary/aromatic N) is 1. The summed E-state index contributed by atoms with van der Waals surface area (Å²) in [6, 6.07) is 9.66. The van der Waals surface area contributed by atoms with Crippen LogP contribution in [0.2, 0.25) is 0 Å². The van der Waals surface area contributed by atoms with Crippen molar-refractivity contribution in [3.05, 3.63) is 35.9 Å². The number of likely N-dealkylation sites (tertiary alicyclic amines) is 1. The topological polar surface area (TPSA) is 55.8 Å². The highest BCUT2D eigenvalue weighted by atomic mass is 35.5. The first-order valence-corrected chi connectivity index (χ1v) is 9.30. The Morgan fingerprint density at radius 2 is 1.88 bits per heavy atom. The Bertz CT molecular complexity index is 544. The van der Waals surface area contributed by atoms with Gasteiger partial charge >= 0.3 is 12.1 Å². The van der Waals surface area contributed by atoms with E-state index in [2.05, 4.69) is 0 Å². The molecule has 1 heterocycles. The number of carbonyl (C=O) groups is 2. The van der Waals surface area contributed by atoms with Crippen molar-refractivity contribution in [2.75, 3.05) is 19.7 Å². The highest BCUT2D eigenvalue weighted by Gasteiger charge is 2.25. The number of esters is 1. The number of hydrogen-bond acceptors (Lipinski definition) is 4. The number of ether oxygens (including phenoxy) is 2. The molecule has 1 aromatic rings. The fourth-order valence-corrected chi connectivity index (χ4v) is 3.14. The van der Waals surface area contributed by atoms with Crippen LogP contribution in [0.3, 0.4) is 0 Å². The van der Waals surface area contributed by atoms with Crippen LogP contribution in [0.4, 0.5) is 4.79 Å². The van der Waals surface area contributed by atoms with Crippen LogP contribution in [0.25, 0.3) is 0 Å². The summed E-state index contributed by atoms with van der Waals surface area (Å²) in [7, 11) is 0. The van der Waals surface area contributed by atoms with Gasteiger partial charge in [0.2, 0.25) is 0 Å². The van der Waals surface area contributed by atoms with Gasteiger partial charge in [-0.3, -0.25) is 4.79 Å². The van der Waals surface area contributed by atoms with Crippen LogP contribution in [0.1, 0.15) is 38.2 Å². The molecule has 1 aliphatic heterocycles. The van der Waals surface area contributed by atoms with Crippen LogP contribution >= 0.6 is 11.6 Å². The highest BCUT2D eigenvalue weighted by Crippen LogP contribution is 2.24. The monoisotopic (exact) mass is 367 g/mol. The van der Waals surface area contributed by atoms with Gasteiger partial charge < -0.3 is 14.4 Å². The van der Waals surface area contributed by atoms with Crippen molar-refractivity contribution >= 4 is 23.7 Å². The van der Waals surface area contributed by atoms with Gasteiger partial charge in [-0.2, -0.15) is 0 Å². The average molecular weight is 368 g/mol. The quantitative estimate of drug-likeness (QED) is 0.540. The molecule has 1 saturated heterocycles. The lowest BCUT2D eigenvalue weighted by Crippen LogP contribution is -2.39. The molecular weight excluding hydrogens is 342 g/mol. The van der Waals surface area contributed by atoms with E-state index in [-0.39, 0.29) is 12.1 Å². The van der Waals surface area contributed by atoms with Crippen molar-refractivity contribution in [1.82, 2.24) is 4.90 Å². The van der Waals surface area contributed by atoms with Gasteiger partial charge in [0.1, 0.15) is 12.0 Å². The molecule has 25 heavy (non-hydrogen) atoms. The Hall–Kier alpha value is -1.75. The first-order chi connectivity index (χ1) is 12.1. The van der Waals surface area contributed by atoms with E-state index < -0.39 is 5.38 Å². The van der Waals surface area contributed by atoms with Crippen LogP contribution in [-0.4, -0.2) is 42.0 Å². The lowest BCUT2D eigenvalue weighted by atomic mass is 9.91. The number of hydrogen-bond donors (Lipinski definition) is 0. The number of rotatable bonds is 7. The van der Waals surface area contributed by atoms with Crippen molar-refractivity contribution in [2.45, 2.75) is 44.6 Å². The van der Waals surface area contributed by atoms with Gasteiger partial charge in [0.05, 0.1) is 6.61 Å². The fourth-order valence-electron chi connectivity index (χ4n) is 2.95. The Balaban J connectivity index is 1.65. The smallest absolute Gasteiger partial charge is 0.410 e. The zero-order valence-electron chi connectivity index (χ0n) is 14.7. The van der Waals surface area contributed by atoms with Crippen LogP contribution in [0, 0.1) is 5.92 Å². The summed E-state index contributed by atoms with van der Waals surface area (Å²) in [6.45, 7) is 3.79. The predicted octanol–water partition coefficient (Wildman–Crippen LogP) is 3.99. The first-order valence-electron chi connectivity index (χ1n) is 8.86. The maximum Gasteiger partial charge on any atom is 0.410 e. The summed E-state index contributed by atoms with van der Waals surface area (Å²) in [5, 5.41) is -0.575. The summed E-state index contributed by atoms with van der Waals surface area (Å²) in [6.07, 6.45) is 3.05. The molecule has 1 fully saturated rings. The molecule has 1 unspecified atom stereocenters. The van der Waals surface area contributed by atoms with E-state index in [9.17, 15) is 9.59 Å². The maximum absolute atomic E-state index is 12.1. The standard InChI is InChI=1S/C19H26ClNO4/c1-2-24-18(22)17(20)9-8-15-10-12-21(13-11-15)19(23)25-14-16-6-4-3-5-7-16/h3-7,15,17H,2,8-14H2,1H3. The van der Waals surface area contributed by atoms with Gasteiger partial charge in [-0.1, -0.05) is 30.3 Å². The molecule has 6 heteroatoms. The molecule has 1 amide bonds. The van der Waals surface area contributed by atoms with Crippen LogP contribution in [0.15, 0.2) is 30.3 Å². The van der Waals surface area contributed by atoms with Crippen molar-refractivity contribution < 1.29 is 19.1 Å². The second-order valence-corrected chi connectivity index (χ2v) is 6.79. The normalized spacial score (nSPS) is 16.3. The van der Waals surface area contributed by atoms with E-state index in [4.69, 9.17) is 21.1 Å². The molecule has 0 aromatic heterocycles. The zero-order chi connectivity index (χ0) is 18.1. The SMILES string of the molecule is CCOC(=O)C(Cl)CCC1CCN(C(=O)OCc2ccccc2)CC1. The molecule has 0 spiro atoms. The summed E-state index contributed by atoms with van der Waals surface area (Å²) >= 11 is 6.05. The van der Waals surface area contributed by atoms with Gasteiger partial charge in [-0.05, 0) is 44.1 Å². The molecule has 0 N–H and O–H groups in total. The third kappa shape index (κ3) is 6.58. The Kier molecular flexibility index (Phi) is 8.06. The van der Waals surface area contributed by atoms with Crippen molar-refractivity contribution in [1.29, 1.82) is 0 Å². The number of alkyl halides is 1. The van der Waals surface area contributed by atoms with Gasteiger partial charge in [-0.15, -0.1) is 11.6 Å². The Morgan fingerprint density at radius 1 is 1.20 bits per heavy atom. The summed E-state index contributed by atoms with van der Waals surface area (Å²) in [5.74, 6) is 0.139. The molecule has 1 aromatic carbocycles. The molecule has 2 rings (SSSR count). The Morgan fingerprint density at radius 3 is 2.52 bits per heavy atom. The second-order valence-electron chi connectivity index (χ2n) is 6.27. The van der Waals surface area contributed by atoms with Crippen molar-refractivity contribution in [2.24, 2.45) is 5.92 Å². The van der Waals surface area contributed by atoms with Crippen LogP contribution in [-0.2, 0) is 20.9 Å². The van der Waals surface area contributed by atoms with E-state index in [0.717, 1.165) is 24.8 Å². The molecule has 0 bridgehead atoms.